The van der Waals surface area contributed by atoms with E-state index in [-0.39, 0.29) is 12.5 Å². The minimum Gasteiger partial charge on any atom is -0.483 e. The minimum absolute atomic E-state index is 0.0729. The van der Waals surface area contributed by atoms with Crippen LogP contribution in [-0.2, 0) is 11.3 Å². The number of aliphatic hydroxyl groups excluding tert-OH is 1. The third-order valence-corrected chi connectivity index (χ3v) is 3.06. The molecule has 4 heteroatoms. The molecule has 0 fully saturated rings. The topological polar surface area (TPSA) is 58.6 Å². The van der Waals surface area contributed by atoms with E-state index in [1.54, 1.807) is 19.1 Å². The quantitative estimate of drug-likeness (QED) is 0.857. The molecular weight excluding hydrogens is 266 g/mol. The largest absolute Gasteiger partial charge is 0.483 e. The number of amides is 1. The lowest BCUT2D eigenvalue weighted by atomic mass is 10.1. The van der Waals surface area contributed by atoms with E-state index in [9.17, 15) is 9.90 Å². The van der Waals surface area contributed by atoms with Gasteiger partial charge in [0, 0.05) is 12.1 Å². The number of benzene rings is 2. The Labute approximate surface area is 124 Å². The zero-order valence-electron chi connectivity index (χ0n) is 12.0. The molecule has 0 bridgehead atoms. The molecule has 1 atom stereocenters. The van der Waals surface area contributed by atoms with E-state index in [0.717, 1.165) is 5.56 Å². The Morgan fingerprint density at radius 3 is 2.52 bits per heavy atom. The first kappa shape index (κ1) is 15.1. The van der Waals surface area contributed by atoms with Gasteiger partial charge in [0.15, 0.2) is 6.61 Å². The first-order valence-corrected chi connectivity index (χ1v) is 6.87. The van der Waals surface area contributed by atoms with Crippen molar-refractivity contribution in [2.45, 2.75) is 19.6 Å². The molecule has 0 heterocycles. The van der Waals surface area contributed by atoms with Crippen molar-refractivity contribution in [3.05, 3.63) is 65.7 Å². The lowest BCUT2D eigenvalue weighted by Crippen LogP contribution is -2.28. The molecule has 0 spiro atoms. The average Bonchev–Trinajstić information content (AvgIpc) is 2.52. The van der Waals surface area contributed by atoms with Gasteiger partial charge >= 0.3 is 0 Å². The summed E-state index contributed by atoms with van der Waals surface area (Å²) in [7, 11) is 0. The van der Waals surface area contributed by atoms with Crippen LogP contribution >= 0.6 is 0 Å². The maximum absolute atomic E-state index is 11.8. The molecule has 2 rings (SSSR count). The molecule has 2 aromatic carbocycles. The fourth-order valence-corrected chi connectivity index (χ4v) is 1.95. The molecule has 4 nitrogen and oxygen atoms in total. The van der Waals surface area contributed by atoms with E-state index in [0.29, 0.717) is 17.9 Å². The number of aliphatic hydroxyl groups is 1. The van der Waals surface area contributed by atoms with Gasteiger partial charge in [-0.15, -0.1) is 0 Å². The SMILES string of the molecule is CC(O)c1ccccc1OCC(=O)NCc1ccccc1. The van der Waals surface area contributed by atoms with Gasteiger partial charge in [-0.1, -0.05) is 48.5 Å². The van der Waals surface area contributed by atoms with Crippen molar-refractivity contribution in [2.24, 2.45) is 0 Å². The Morgan fingerprint density at radius 1 is 1.14 bits per heavy atom. The Hall–Kier alpha value is -2.33. The number of carbonyl (C=O) groups is 1. The molecular formula is C17H19NO3. The van der Waals surface area contributed by atoms with E-state index >= 15 is 0 Å². The summed E-state index contributed by atoms with van der Waals surface area (Å²) in [6, 6.07) is 16.8. The average molecular weight is 285 g/mol. The molecule has 0 aliphatic heterocycles. The van der Waals surface area contributed by atoms with Gasteiger partial charge < -0.3 is 15.2 Å². The Balaban J connectivity index is 1.84. The summed E-state index contributed by atoms with van der Waals surface area (Å²) < 4.78 is 5.48. The fourth-order valence-electron chi connectivity index (χ4n) is 1.95. The van der Waals surface area contributed by atoms with Gasteiger partial charge in [-0.3, -0.25) is 4.79 Å². The van der Waals surface area contributed by atoms with E-state index in [1.165, 1.54) is 0 Å². The van der Waals surface area contributed by atoms with Crippen LogP contribution in [0.15, 0.2) is 54.6 Å². The molecule has 21 heavy (non-hydrogen) atoms. The van der Waals surface area contributed by atoms with Crippen molar-refractivity contribution in [1.82, 2.24) is 5.32 Å². The van der Waals surface area contributed by atoms with Crippen molar-refractivity contribution in [3.8, 4) is 5.75 Å². The summed E-state index contributed by atoms with van der Waals surface area (Å²) >= 11 is 0. The van der Waals surface area contributed by atoms with Crippen LogP contribution in [0, 0.1) is 0 Å². The van der Waals surface area contributed by atoms with Crippen molar-refractivity contribution < 1.29 is 14.6 Å². The molecule has 1 unspecified atom stereocenters. The highest BCUT2D eigenvalue weighted by molar-refractivity contribution is 5.77. The van der Waals surface area contributed by atoms with Crippen molar-refractivity contribution in [1.29, 1.82) is 0 Å². The van der Waals surface area contributed by atoms with Gasteiger partial charge in [0.1, 0.15) is 5.75 Å². The minimum atomic E-state index is -0.631. The van der Waals surface area contributed by atoms with E-state index in [1.807, 2.05) is 42.5 Å². The molecule has 0 saturated carbocycles. The normalized spacial score (nSPS) is 11.7. The van der Waals surface area contributed by atoms with Crippen molar-refractivity contribution in [3.63, 3.8) is 0 Å². The third-order valence-electron chi connectivity index (χ3n) is 3.06. The third kappa shape index (κ3) is 4.61. The lowest BCUT2D eigenvalue weighted by molar-refractivity contribution is -0.123. The Kier molecular flexibility index (Phi) is 5.35. The van der Waals surface area contributed by atoms with Crippen LogP contribution in [0.4, 0.5) is 0 Å². The number of para-hydroxylation sites is 1. The van der Waals surface area contributed by atoms with Crippen LogP contribution in [0.25, 0.3) is 0 Å². The van der Waals surface area contributed by atoms with Crippen molar-refractivity contribution in [2.75, 3.05) is 6.61 Å². The fraction of sp³-hybridized carbons (Fsp3) is 0.235. The number of hydrogen-bond acceptors (Lipinski definition) is 3. The van der Waals surface area contributed by atoms with E-state index in [4.69, 9.17) is 4.74 Å². The molecule has 110 valence electrons. The molecule has 2 aromatic rings. The number of ether oxygens (including phenoxy) is 1. The van der Waals surface area contributed by atoms with Crippen LogP contribution in [0.3, 0.4) is 0 Å². The highest BCUT2D eigenvalue weighted by atomic mass is 16.5. The molecule has 0 radical (unpaired) electrons. The van der Waals surface area contributed by atoms with Crippen LogP contribution in [0.5, 0.6) is 5.75 Å². The second kappa shape index (κ2) is 7.45. The van der Waals surface area contributed by atoms with Gasteiger partial charge in [-0.05, 0) is 18.6 Å². The lowest BCUT2D eigenvalue weighted by Gasteiger charge is -2.13. The number of carbonyl (C=O) groups excluding carboxylic acids is 1. The standard InChI is InChI=1S/C17H19NO3/c1-13(19)15-9-5-6-10-16(15)21-12-17(20)18-11-14-7-3-2-4-8-14/h2-10,13,19H,11-12H2,1H3,(H,18,20). The van der Waals surface area contributed by atoms with E-state index < -0.39 is 6.10 Å². The summed E-state index contributed by atoms with van der Waals surface area (Å²) in [6.45, 7) is 2.06. The number of rotatable bonds is 6. The van der Waals surface area contributed by atoms with E-state index in [2.05, 4.69) is 5.32 Å². The van der Waals surface area contributed by atoms with Gasteiger partial charge in [0.25, 0.3) is 5.91 Å². The first-order chi connectivity index (χ1) is 10.2. The predicted molar refractivity (Wildman–Crippen MR) is 80.9 cm³/mol. The maximum atomic E-state index is 11.8. The second-order valence-corrected chi connectivity index (χ2v) is 4.76. The monoisotopic (exact) mass is 285 g/mol. The second-order valence-electron chi connectivity index (χ2n) is 4.76. The van der Waals surface area contributed by atoms with Crippen LogP contribution < -0.4 is 10.1 Å². The van der Waals surface area contributed by atoms with Crippen LogP contribution in [0.2, 0.25) is 0 Å². The highest BCUT2D eigenvalue weighted by Gasteiger charge is 2.09. The summed E-state index contributed by atoms with van der Waals surface area (Å²) in [5.74, 6) is 0.335. The summed E-state index contributed by atoms with van der Waals surface area (Å²) in [6.07, 6.45) is -0.631. The number of hydrogen-bond donors (Lipinski definition) is 2. The molecule has 0 saturated heterocycles. The van der Waals surface area contributed by atoms with Crippen LogP contribution in [0.1, 0.15) is 24.2 Å². The smallest absolute Gasteiger partial charge is 0.258 e. The Morgan fingerprint density at radius 2 is 1.81 bits per heavy atom. The maximum Gasteiger partial charge on any atom is 0.258 e. The summed E-state index contributed by atoms with van der Waals surface area (Å²) in [4.78, 5) is 11.8. The van der Waals surface area contributed by atoms with Gasteiger partial charge in [-0.2, -0.15) is 0 Å². The molecule has 0 aromatic heterocycles. The van der Waals surface area contributed by atoms with Crippen molar-refractivity contribution >= 4 is 5.91 Å². The highest BCUT2D eigenvalue weighted by Crippen LogP contribution is 2.24. The molecule has 2 N–H and O–H groups in total. The molecule has 1 amide bonds. The number of nitrogens with one attached hydrogen (secondary N) is 1. The first-order valence-electron chi connectivity index (χ1n) is 6.87. The van der Waals surface area contributed by atoms with Gasteiger partial charge in [0.2, 0.25) is 0 Å². The Bertz CT molecular complexity index is 582. The van der Waals surface area contributed by atoms with Gasteiger partial charge in [0.05, 0.1) is 6.10 Å². The zero-order chi connectivity index (χ0) is 15.1. The molecule has 0 aliphatic carbocycles. The summed E-state index contributed by atoms with van der Waals surface area (Å²) in [5.41, 5.74) is 1.71. The van der Waals surface area contributed by atoms with Gasteiger partial charge in [-0.25, -0.2) is 0 Å². The van der Waals surface area contributed by atoms with Crippen LogP contribution in [-0.4, -0.2) is 17.6 Å². The molecule has 0 aliphatic rings. The zero-order valence-corrected chi connectivity index (χ0v) is 12.0. The summed E-state index contributed by atoms with van der Waals surface area (Å²) in [5, 5.41) is 12.4. The predicted octanol–water partition coefficient (Wildman–Crippen LogP) is 2.44.